The molecule has 0 aliphatic carbocycles. The Morgan fingerprint density at radius 3 is 2.50 bits per heavy atom. The van der Waals surface area contributed by atoms with Crippen molar-refractivity contribution in [3.05, 3.63) is 51.4 Å². The molecule has 1 aliphatic rings. The second kappa shape index (κ2) is 7.14. The lowest BCUT2D eigenvalue weighted by Crippen LogP contribution is -3.13. The lowest BCUT2D eigenvalue weighted by Gasteiger charge is -2.31. The van der Waals surface area contributed by atoms with Crippen molar-refractivity contribution in [3.8, 4) is 0 Å². The van der Waals surface area contributed by atoms with Crippen LogP contribution in [0.4, 0.5) is 0 Å². The van der Waals surface area contributed by atoms with Crippen LogP contribution in [-0.2, 0) is 16.6 Å². The molecule has 0 bridgehead atoms. The second-order valence-electron chi connectivity index (χ2n) is 6.32. The van der Waals surface area contributed by atoms with Crippen molar-refractivity contribution < 1.29 is 13.3 Å². The minimum atomic E-state index is -3.40. The van der Waals surface area contributed by atoms with E-state index in [-0.39, 0.29) is 0 Å². The lowest BCUT2D eigenvalue weighted by atomic mass is 10.1. The Labute approximate surface area is 152 Å². The summed E-state index contributed by atoms with van der Waals surface area (Å²) in [6.07, 6.45) is 0. The molecule has 0 spiro atoms. The maximum atomic E-state index is 12.6. The first kappa shape index (κ1) is 17.9. The number of benzene rings is 1. The zero-order chi connectivity index (χ0) is 17.3. The summed E-state index contributed by atoms with van der Waals surface area (Å²) in [5.74, 6) is 0. The number of aryl methyl sites for hydroxylation is 2. The molecule has 1 aromatic heterocycles. The van der Waals surface area contributed by atoms with Gasteiger partial charge >= 0.3 is 0 Å². The van der Waals surface area contributed by atoms with Crippen molar-refractivity contribution in [3.63, 3.8) is 0 Å². The van der Waals surface area contributed by atoms with Gasteiger partial charge in [0, 0.05) is 5.56 Å². The molecule has 0 radical (unpaired) electrons. The first-order chi connectivity index (χ1) is 11.4. The third-order valence-electron chi connectivity index (χ3n) is 4.52. The monoisotopic (exact) mass is 385 g/mol. The van der Waals surface area contributed by atoms with Crippen molar-refractivity contribution in [2.45, 2.75) is 24.6 Å². The molecule has 130 valence electrons. The second-order valence-corrected chi connectivity index (χ2v) is 10.2. The first-order valence-corrected chi connectivity index (χ1v) is 10.6. The van der Waals surface area contributed by atoms with E-state index in [1.807, 2.05) is 0 Å². The van der Waals surface area contributed by atoms with Gasteiger partial charge in [0.25, 0.3) is 10.0 Å². The van der Waals surface area contributed by atoms with Gasteiger partial charge in [-0.25, -0.2) is 8.42 Å². The summed E-state index contributed by atoms with van der Waals surface area (Å²) >= 11 is 7.00. The highest BCUT2D eigenvalue weighted by molar-refractivity contribution is 7.91. The molecule has 7 heteroatoms. The first-order valence-electron chi connectivity index (χ1n) is 8.01. The van der Waals surface area contributed by atoms with Gasteiger partial charge in [0.15, 0.2) is 0 Å². The smallest absolute Gasteiger partial charge is 0.253 e. The van der Waals surface area contributed by atoms with Gasteiger partial charge < -0.3 is 4.90 Å². The quantitative estimate of drug-likeness (QED) is 0.875. The van der Waals surface area contributed by atoms with Gasteiger partial charge in [-0.3, -0.25) is 0 Å². The lowest BCUT2D eigenvalue weighted by molar-refractivity contribution is -0.917. The van der Waals surface area contributed by atoms with Crippen molar-refractivity contribution >= 4 is 33.0 Å². The zero-order valence-electron chi connectivity index (χ0n) is 13.9. The van der Waals surface area contributed by atoms with Gasteiger partial charge in [0.05, 0.1) is 30.5 Å². The summed E-state index contributed by atoms with van der Waals surface area (Å²) in [5.41, 5.74) is 3.92. The molecular weight excluding hydrogens is 364 g/mol. The molecule has 1 aromatic carbocycles. The number of rotatable bonds is 4. The maximum absolute atomic E-state index is 12.6. The number of hydrogen-bond donors (Lipinski definition) is 1. The Kier molecular flexibility index (Phi) is 5.32. The van der Waals surface area contributed by atoms with Gasteiger partial charge in [-0.05, 0) is 31.5 Å². The Hall–Kier alpha value is -0.920. The molecule has 2 heterocycles. The van der Waals surface area contributed by atoms with Crippen LogP contribution < -0.4 is 4.90 Å². The molecule has 4 nitrogen and oxygen atoms in total. The fourth-order valence-electron chi connectivity index (χ4n) is 3.04. The molecular formula is C17H22ClN2O2S2+. The fourth-order valence-corrected chi connectivity index (χ4v) is 6.12. The van der Waals surface area contributed by atoms with Crippen LogP contribution in [0.2, 0.25) is 4.34 Å². The summed E-state index contributed by atoms with van der Waals surface area (Å²) < 4.78 is 27.7. The number of piperazine rings is 1. The predicted molar refractivity (Wildman–Crippen MR) is 98.4 cm³/mol. The van der Waals surface area contributed by atoms with E-state index in [1.165, 1.54) is 21.6 Å². The van der Waals surface area contributed by atoms with E-state index in [2.05, 4.69) is 32.0 Å². The molecule has 24 heavy (non-hydrogen) atoms. The SMILES string of the molecule is Cc1ccc(C)c(C[NH+]2CCN(S(=O)(=O)c3ccc(Cl)s3)CC2)c1. The maximum Gasteiger partial charge on any atom is 0.253 e. The van der Waals surface area contributed by atoms with Gasteiger partial charge in [-0.1, -0.05) is 35.4 Å². The Bertz CT molecular complexity index is 825. The van der Waals surface area contributed by atoms with Crippen LogP contribution in [0, 0.1) is 13.8 Å². The highest BCUT2D eigenvalue weighted by atomic mass is 35.5. The van der Waals surface area contributed by atoms with E-state index in [1.54, 1.807) is 16.4 Å². The van der Waals surface area contributed by atoms with E-state index >= 15 is 0 Å². The number of halogens is 1. The van der Waals surface area contributed by atoms with E-state index in [4.69, 9.17) is 11.6 Å². The Morgan fingerprint density at radius 1 is 1.17 bits per heavy atom. The molecule has 0 unspecified atom stereocenters. The zero-order valence-corrected chi connectivity index (χ0v) is 16.3. The molecule has 0 atom stereocenters. The minimum absolute atomic E-state index is 0.338. The van der Waals surface area contributed by atoms with Crippen LogP contribution in [0.3, 0.4) is 0 Å². The molecule has 1 aliphatic heterocycles. The molecule has 3 rings (SSSR count). The van der Waals surface area contributed by atoms with E-state index in [9.17, 15) is 8.42 Å². The summed E-state index contributed by atoms with van der Waals surface area (Å²) in [7, 11) is -3.40. The summed E-state index contributed by atoms with van der Waals surface area (Å²) in [4.78, 5) is 1.43. The van der Waals surface area contributed by atoms with Crippen molar-refractivity contribution in [1.29, 1.82) is 0 Å². The number of quaternary nitrogens is 1. The van der Waals surface area contributed by atoms with Crippen molar-refractivity contribution in [1.82, 2.24) is 4.31 Å². The number of nitrogens with zero attached hydrogens (tertiary/aromatic N) is 1. The number of thiophene rings is 1. The average Bonchev–Trinajstić information content (AvgIpc) is 2.99. The Morgan fingerprint density at radius 2 is 1.88 bits per heavy atom. The normalized spacial score (nSPS) is 17.3. The standard InChI is InChI=1S/C17H21ClN2O2S2/c1-13-3-4-14(2)15(11-13)12-19-7-9-20(10-8-19)24(21,22)17-6-5-16(18)23-17/h3-6,11H,7-10,12H2,1-2H3/p+1. The van der Waals surface area contributed by atoms with Gasteiger partial charge in [0.1, 0.15) is 10.8 Å². The van der Waals surface area contributed by atoms with Gasteiger partial charge in [-0.2, -0.15) is 4.31 Å². The highest BCUT2D eigenvalue weighted by Gasteiger charge is 2.31. The highest BCUT2D eigenvalue weighted by Crippen LogP contribution is 2.28. The number of nitrogens with one attached hydrogen (secondary N) is 1. The predicted octanol–water partition coefficient (Wildman–Crippen LogP) is 2.11. The van der Waals surface area contributed by atoms with Crippen LogP contribution in [0.5, 0.6) is 0 Å². The van der Waals surface area contributed by atoms with Crippen LogP contribution in [0.15, 0.2) is 34.5 Å². The van der Waals surface area contributed by atoms with Crippen LogP contribution >= 0.6 is 22.9 Å². The van der Waals surface area contributed by atoms with Crippen LogP contribution in [0.1, 0.15) is 16.7 Å². The average molecular weight is 386 g/mol. The summed E-state index contributed by atoms with van der Waals surface area (Å²) in [6, 6.07) is 9.76. The molecule has 0 amide bonds. The van der Waals surface area contributed by atoms with E-state index < -0.39 is 10.0 Å². The molecule has 1 N–H and O–H groups in total. The van der Waals surface area contributed by atoms with Crippen LogP contribution in [0.25, 0.3) is 0 Å². The summed E-state index contributed by atoms with van der Waals surface area (Å²) in [6.45, 7) is 7.95. The molecule has 1 fully saturated rings. The van der Waals surface area contributed by atoms with Gasteiger partial charge in [0.2, 0.25) is 0 Å². The minimum Gasteiger partial charge on any atom is -0.329 e. The van der Waals surface area contributed by atoms with Crippen molar-refractivity contribution in [2.24, 2.45) is 0 Å². The molecule has 2 aromatic rings. The van der Waals surface area contributed by atoms with Crippen molar-refractivity contribution in [2.75, 3.05) is 26.2 Å². The fraction of sp³-hybridized carbons (Fsp3) is 0.412. The molecule has 1 saturated heterocycles. The van der Waals surface area contributed by atoms with E-state index in [0.717, 1.165) is 31.0 Å². The van der Waals surface area contributed by atoms with Crippen LogP contribution in [-0.4, -0.2) is 38.9 Å². The topological polar surface area (TPSA) is 41.8 Å². The molecule has 0 saturated carbocycles. The van der Waals surface area contributed by atoms with E-state index in [0.29, 0.717) is 21.6 Å². The largest absolute Gasteiger partial charge is 0.329 e. The Balaban J connectivity index is 1.64. The number of hydrogen-bond acceptors (Lipinski definition) is 3. The third kappa shape index (κ3) is 3.83. The summed E-state index contributed by atoms with van der Waals surface area (Å²) in [5, 5.41) is 0. The van der Waals surface area contributed by atoms with Gasteiger partial charge in [-0.15, -0.1) is 11.3 Å². The third-order valence-corrected chi connectivity index (χ3v) is 8.11. The number of sulfonamides is 1.